The van der Waals surface area contributed by atoms with E-state index in [9.17, 15) is 0 Å². The molecule has 0 aliphatic heterocycles. The molecule has 0 spiro atoms. The molecule has 1 saturated carbocycles. The van der Waals surface area contributed by atoms with Crippen LogP contribution in [0.1, 0.15) is 25.5 Å². The van der Waals surface area contributed by atoms with Crippen molar-refractivity contribution in [3.63, 3.8) is 0 Å². The average Bonchev–Trinajstić information content (AvgIpc) is 3.32. The predicted molar refractivity (Wildman–Crippen MR) is 79.6 cm³/mol. The van der Waals surface area contributed by atoms with Crippen molar-refractivity contribution >= 4 is 0 Å². The summed E-state index contributed by atoms with van der Waals surface area (Å²) in [6.45, 7) is 3.34. The Labute approximate surface area is 124 Å². The van der Waals surface area contributed by atoms with Gasteiger partial charge in [0.25, 0.3) is 0 Å². The van der Waals surface area contributed by atoms with Gasteiger partial charge in [-0.25, -0.2) is 0 Å². The van der Waals surface area contributed by atoms with Crippen LogP contribution in [0.25, 0.3) is 0 Å². The van der Waals surface area contributed by atoms with Crippen LogP contribution in [0.15, 0.2) is 36.4 Å². The van der Waals surface area contributed by atoms with Gasteiger partial charge in [0, 0.05) is 24.7 Å². The molecule has 0 radical (unpaired) electrons. The summed E-state index contributed by atoms with van der Waals surface area (Å²) in [6, 6.07) is 11.9. The van der Waals surface area contributed by atoms with Gasteiger partial charge in [-0.15, -0.1) is 5.10 Å². The molecule has 1 fully saturated rings. The van der Waals surface area contributed by atoms with Crippen LogP contribution in [0.4, 0.5) is 0 Å². The molecule has 2 aromatic rings. The zero-order valence-electron chi connectivity index (χ0n) is 12.1. The smallest absolute Gasteiger partial charge is 0.238 e. The summed E-state index contributed by atoms with van der Waals surface area (Å²) in [6.07, 6.45) is 2.54. The summed E-state index contributed by atoms with van der Waals surface area (Å²) in [5.74, 6) is 1.96. The Bertz CT molecular complexity index is 582. The molecule has 0 amide bonds. The number of nitrogens with zero attached hydrogens (tertiary/aromatic N) is 2. The minimum Gasteiger partial charge on any atom is -0.494 e. The summed E-state index contributed by atoms with van der Waals surface area (Å²) < 4.78 is 11.1. The van der Waals surface area contributed by atoms with Gasteiger partial charge < -0.3 is 14.8 Å². The van der Waals surface area contributed by atoms with E-state index in [-0.39, 0.29) is 0 Å². The number of ether oxygens (including phenoxy) is 2. The fourth-order valence-electron chi connectivity index (χ4n) is 1.95. The van der Waals surface area contributed by atoms with Gasteiger partial charge in [0.15, 0.2) is 0 Å². The molecule has 5 nitrogen and oxygen atoms in total. The quantitative estimate of drug-likeness (QED) is 0.847. The Balaban J connectivity index is 1.59. The van der Waals surface area contributed by atoms with E-state index in [0.29, 0.717) is 24.3 Å². The van der Waals surface area contributed by atoms with Crippen molar-refractivity contribution in [2.75, 3.05) is 6.61 Å². The monoisotopic (exact) mass is 285 g/mol. The Hall–Kier alpha value is -2.14. The third kappa shape index (κ3) is 4.16. The van der Waals surface area contributed by atoms with Gasteiger partial charge >= 0.3 is 0 Å². The Morgan fingerprint density at radius 1 is 1.14 bits per heavy atom. The summed E-state index contributed by atoms with van der Waals surface area (Å²) >= 11 is 0. The lowest BCUT2D eigenvalue weighted by Gasteiger charge is -2.07. The molecule has 0 atom stereocenters. The minimum absolute atomic E-state index is 0.485. The topological polar surface area (TPSA) is 56.3 Å². The van der Waals surface area contributed by atoms with E-state index in [0.717, 1.165) is 18.0 Å². The second-order valence-corrected chi connectivity index (χ2v) is 5.03. The second-order valence-electron chi connectivity index (χ2n) is 5.03. The fourth-order valence-corrected chi connectivity index (χ4v) is 1.95. The van der Waals surface area contributed by atoms with E-state index in [2.05, 4.69) is 15.5 Å². The highest BCUT2D eigenvalue weighted by molar-refractivity contribution is 5.35. The Morgan fingerprint density at radius 2 is 2.00 bits per heavy atom. The first kappa shape index (κ1) is 13.8. The standard InChI is InChI=1S/C16H19N3O2/c1-2-20-14-4-3-5-15(10-14)21-16-9-8-13(18-19-16)11-17-12-6-7-12/h3-5,8-10,12,17H,2,6-7,11H2,1H3. The van der Waals surface area contributed by atoms with Crippen LogP contribution >= 0.6 is 0 Å². The molecule has 21 heavy (non-hydrogen) atoms. The molecule has 0 bridgehead atoms. The number of hydrogen-bond donors (Lipinski definition) is 1. The van der Waals surface area contributed by atoms with E-state index in [1.165, 1.54) is 12.8 Å². The first-order valence-corrected chi connectivity index (χ1v) is 7.30. The molecule has 1 heterocycles. The number of nitrogens with one attached hydrogen (secondary N) is 1. The lowest BCUT2D eigenvalue weighted by Crippen LogP contribution is -2.16. The van der Waals surface area contributed by atoms with Crippen LogP contribution in [-0.2, 0) is 6.54 Å². The zero-order valence-corrected chi connectivity index (χ0v) is 12.1. The van der Waals surface area contributed by atoms with Crippen molar-refractivity contribution in [1.29, 1.82) is 0 Å². The van der Waals surface area contributed by atoms with Crippen molar-refractivity contribution < 1.29 is 9.47 Å². The molecular weight excluding hydrogens is 266 g/mol. The van der Waals surface area contributed by atoms with Gasteiger partial charge in [0.1, 0.15) is 11.5 Å². The summed E-state index contributed by atoms with van der Waals surface area (Å²) in [7, 11) is 0. The van der Waals surface area contributed by atoms with E-state index in [1.54, 1.807) is 0 Å². The molecule has 1 N–H and O–H groups in total. The SMILES string of the molecule is CCOc1cccc(Oc2ccc(CNC3CC3)nn2)c1. The molecule has 1 aromatic carbocycles. The average molecular weight is 285 g/mol. The minimum atomic E-state index is 0.485. The van der Waals surface area contributed by atoms with Crippen LogP contribution in [0.2, 0.25) is 0 Å². The van der Waals surface area contributed by atoms with Crippen molar-refractivity contribution in [3.8, 4) is 17.4 Å². The number of aromatic nitrogens is 2. The van der Waals surface area contributed by atoms with Crippen molar-refractivity contribution in [1.82, 2.24) is 15.5 Å². The van der Waals surface area contributed by atoms with Crippen LogP contribution in [-0.4, -0.2) is 22.8 Å². The third-order valence-corrected chi connectivity index (χ3v) is 3.18. The van der Waals surface area contributed by atoms with Gasteiger partial charge in [-0.2, -0.15) is 5.10 Å². The molecular formula is C16H19N3O2. The number of benzene rings is 1. The van der Waals surface area contributed by atoms with Crippen LogP contribution < -0.4 is 14.8 Å². The van der Waals surface area contributed by atoms with Crippen molar-refractivity contribution in [2.24, 2.45) is 0 Å². The maximum absolute atomic E-state index is 5.68. The van der Waals surface area contributed by atoms with Crippen molar-refractivity contribution in [3.05, 3.63) is 42.1 Å². The van der Waals surface area contributed by atoms with Crippen LogP contribution in [0.3, 0.4) is 0 Å². The molecule has 3 rings (SSSR count). The van der Waals surface area contributed by atoms with Crippen LogP contribution in [0.5, 0.6) is 17.4 Å². The first-order chi connectivity index (χ1) is 10.3. The molecule has 0 unspecified atom stereocenters. The maximum atomic E-state index is 5.68. The predicted octanol–water partition coefficient (Wildman–Crippen LogP) is 2.92. The molecule has 5 heteroatoms. The summed E-state index contributed by atoms with van der Waals surface area (Å²) in [5, 5.41) is 11.7. The highest BCUT2D eigenvalue weighted by atomic mass is 16.5. The Morgan fingerprint density at radius 3 is 2.71 bits per heavy atom. The van der Waals surface area contributed by atoms with E-state index >= 15 is 0 Å². The van der Waals surface area contributed by atoms with Gasteiger partial charge in [-0.3, -0.25) is 0 Å². The maximum Gasteiger partial charge on any atom is 0.238 e. The highest BCUT2D eigenvalue weighted by Gasteiger charge is 2.20. The van der Waals surface area contributed by atoms with E-state index in [4.69, 9.17) is 9.47 Å². The van der Waals surface area contributed by atoms with E-state index in [1.807, 2.05) is 43.3 Å². The number of rotatable bonds is 7. The molecule has 1 aliphatic carbocycles. The lowest BCUT2D eigenvalue weighted by molar-refractivity contribution is 0.337. The molecule has 110 valence electrons. The van der Waals surface area contributed by atoms with Gasteiger partial charge in [-0.05, 0) is 38.0 Å². The van der Waals surface area contributed by atoms with Crippen molar-refractivity contribution in [2.45, 2.75) is 32.4 Å². The fraction of sp³-hybridized carbons (Fsp3) is 0.375. The summed E-state index contributed by atoms with van der Waals surface area (Å²) in [4.78, 5) is 0. The summed E-state index contributed by atoms with van der Waals surface area (Å²) in [5.41, 5.74) is 0.928. The molecule has 0 saturated heterocycles. The highest BCUT2D eigenvalue weighted by Crippen LogP contribution is 2.24. The number of hydrogen-bond acceptors (Lipinski definition) is 5. The van der Waals surface area contributed by atoms with E-state index < -0.39 is 0 Å². The largest absolute Gasteiger partial charge is 0.494 e. The van der Waals surface area contributed by atoms with Gasteiger partial charge in [-0.1, -0.05) is 6.07 Å². The zero-order chi connectivity index (χ0) is 14.5. The van der Waals surface area contributed by atoms with Crippen LogP contribution in [0, 0.1) is 0 Å². The van der Waals surface area contributed by atoms with Gasteiger partial charge in [0.2, 0.25) is 5.88 Å². The third-order valence-electron chi connectivity index (χ3n) is 3.18. The molecule has 1 aliphatic rings. The molecule has 1 aromatic heterocycles. The van der Waals surface area contributed by atoms with Gasteiger partial charge in [0.05, 0.1) is 12.3 Å². The lowest BCUT2D eigenvalue weighted by atomic mass is 10.3. The normalized spacial score (nSPS) is 14.0. The Kier molecular flexibility index (Phi) is 4.31. The second kappa shape index (κ2) is 6.54. The first-order valence-electron chi connectivity index (χ1n) is 7.30.